The highest BCUT2D eigenvalue weighted by molar-refractivity contribution is 7.99. The molecule has 0 saturated heterocycles. The predicted octanol–water partition coefficient (Wildman–Crippen LogP) is 1.46. The number of imide groups is 1. The number of amides is 3. The Hall–Kier alpha value is -2.16. The number of nitrogens with zero attached hydrogens (tertiary/aromatic N) is 4. The Morgan fingerprint density at radius 1 is 1.35 bits per heavy atom. The minimum atomic E-state index is -0.485. The number of hydrogen-bond donors (Lipinski definition) is 2. The normalized spacial score (nSPS) is 12.2. The van der Waals surface area contributed by atoms with E-state index in [1.54, 1.807) is 4.52 Å². The molecule has 2 aromatic rings. The summed E-state index contributed by atoms with van der Waals surface area (Å²) < 4.78 is 1.63. The average Bonchev–Trinajstić information content (AvgIpc) is 2.88. The third kappa shape index (κ3) is 4.65. The molecule has 0 unspecified atom stereocenters. The van der Waals surface area contributed by atoms with Crippen LogP contribution in [0.25, 0.3) is 5.78 Å². The van der Waals surface area contributed by atoms with E-state index in [2.05, 4.69) is 25.7 Å². The first-order valence-electron chi connectivity index (χ1n) is 7.33. The largest absolute Gasteiger partial charge is 0.335 e. The minimum absolute atomic E-state index is 0.0212. The summed E-state index contributed by atoms with van der Waals surface area (Å²) in [6.07, 6.45) is 0.799. The molecule has 0 spiro atoms. The summed E-state index contributed by atoms with van der Waals surface area (Å²) in [6, 6.07) is 1.44. The SMILES string of the molecule is CC[C@H](C)NC(=O)NC(=O)CSc1nc2nc(C)cc(C)n2n1. The van der Waals surface area contributed by atoms with E-state index in [9.17, 15) is 9.59 Å². The van der Waals surface area contributed by atoms with E-state index in [0.717, 1.165) is 29.6 Å². The molecule has 9 heteroatoms. The van der Waals surface area contributed by atoms with E-state index >= 15 is 0 Å². The Kier molecular flexibility index (Phi) is 5.54. The molecule has 0 aromatic carbocycles. The quantitative estimate of drug-likeness (QED) is 0.802. The molecule has 1 atom stereocenters. The molecular weight excluding hydrogens is 316 g/mol. The van der Waals surface area contributed by atoms with Crippen LogP contribution in [0.15, 0.2) is 11.2 Å². The van der Waals surface area contributed by atoms with Crippen LogP contribution in [0.5, 0.6) is 0 Å². The van der Waals surface area contributed by atoms with Crippen molar-refractivity contribution in [2.75, 3.05) is 5.75 Å². The number of hydrogen-bond acceptors (Lipinski definition) is 6. The predicted molar refractivity (Wildman–Crippen MR) is 87.4 cm³/mol. The van der Waals surface area contributed by atoms with E-state index in [0.29, 0.717) is 10.9 Å². The maximum Gasteiger partial charge on any atom is 0.321 e. The van der Waals surface area contributed by atoms with Gasteiger partial charge in [-0.2, -0.15) is 4.98 Å². The number of carbonyl (C=O) groups is 2. The first kappa shape index (κ1) is 17.2. The standard InChI is InChI=1S/C14H20N6O2S/c1-5-8(2)16-13(22)17-11(21)7-23-14-18-12-15-9(3)6-10(4)20(12)19-14/h6,8H,5,7H2,1-4H3,(H2,16,17,21,22)/t8-/m0/s1. The Bertz CT molecular complexity index is 729. The van der Waals surface area contributed by atoms with Crippen molar-refractivity contribution < 1.29 is 9.59 Å². The Balaban J connectivity index is 1.92. The van der Waals surface area contributed by atoms with Gasteiger partial charge in [0.2, 0.25) is 11.1 Å². The molecule has 8 nitrogen and oxygen atoms in total. The van der Waals surface area contributed by atoms with Crippen molar-refractivity contribution >= 4 is 29.5 Å². The van der Waals surface area contributed by atoms with Gasteiger partial charge in [0.25, 0.3) is 5.78 Å². The Morgan fingerprint density at radius 2 is 2.09 bits per heavy atom. The molecule has 3 amide bonds. The molecule has 0 saturated carbocycles. The van der Waals surface area contributed by atoms with E-state index in [4.69, 9.17) is 0 Å². The van der Waals surface area contributed by atoms with Gasteiger partial charge in [0.15, 0.2) is 0 Å². The molecule has 23 heavy (non-hydrogen) atoms. The lowest BCUT2D eigenvalue weighted by atomic mass is 10.3. The molecule has 2 aromatic heterocycles. The molecule has 0 aliphatic rings. The average molecular weight is 336 g/mol. The van der Waals surface area contributed by atoms with Crippen LogP contribution in [-0.4, -0.2) is 43.3 Å². The van der Waals surface area contributed by atoms with E-state index in [-0.39, 0.29) is 11.8 Å². The number of aryl methyl sites for hydroxylation is 2. The second kappa shape index (κ2) is 7.40. The van der Waals surface area contributed by atoms with Gasteiger partial charge in [-0.25, -0.2) is 14.3 Å². The van der Waals surface area contributed by atoms with Gasteiger partial charge < -0.3 is 5.32 Å². The fourth-order valence-corrected chi connectivity index (χ4v) is 2.48. The van der Waals surface area contributed by atoms with Crippen molar-refractivity contribution in [3.8, 4) is 0 Å². The van der Waals surface area contributed by atoms with Gasteiger partial charge in [-0.15, -0.1) is 5.10 Å². The number of carbonyl (C=O) groups excluding carboxylic acids is 2. The summed E-state index contributed by atoms with van der Waals surface area (Å²) in [5, 5.41) is 9.69. The monoisotopic (exact) mass is 336 g/mol. The lowest BCUT2D eigenvalue weighted by Gasteiger charge is -2.11. The molecular formula is C14H20N6O2S. The summed E-state index contributed by atoms with van der Waals surface area (Å²) in [4.78, 5) is 31.9. The molecule has 124 valence electrons. The molecule has 2 rings (SSSR count). The smallest absolute Gasteiger partial charge is 0.321 e. The molecule has 0 aliphatic heterocycles. The molecule has 2 heterocycles. The zero-order chi connectivity index (χ0) is 17.0. The molecule has 0 bridgehead atoms. The highest BCUT2D eigenvalue weighted by atomic mass is 32.2. The van der Waals surface area contributed by atoms with Crippen LogP contribution in [0, 0.1) is 13.8 Å². The van der Waals surface area contributed by atoms with Gasteiger partial charge in [-0.3, -0.25) is 10.1 Å². The fourth-order valence-electron chi connectivity index (χ4n) is 1.86. The summed E-state index contributed by atoms with van der Waals surface area (Å²) >= 11 is 1.16. The summed E-state index contributed by atoms with van der Waals surface area (Å²) in [5.41, 5.74) is 1.78. The number of aromatic nitrogens is 4. The van der Waals surface area contributed by atoms with Crippen molar-refractivity contribution in [2.45, 2.75) is 45.3 Å². The summed E-state index contributed by atoms with van der Waals surface area (Å²) in [5.74, 6) is 0.165. The van der Waals surface area contributed by atoms with Crippen LogP contribution in [-0.2, 0) is 4.79 Å². The minimum Gasteiger partial charge on any atom is -0.335 e. The van der Waals surface area contributed by atoms with Gasteiger partial charge in [0.1, 0.15) is 0 Å². The van der Waals surface area contributed by atoms with Gasteiger partial charge in [-0.1, -0.05) is 18.7 Å². The Labute approximate surface area is 138 Å². The van der Waals surface area contributed by atoms with Gasteiger partial charge in [-0.05, 0) is 33.3 Å². The third-order valence-corrected chi connectivity index (χ3v) is 4.01. The molecule has 0 fully saturated rings. The maximum absolute atomic E-state index is 11.8. The van der Waals surface area contributed by atoms with Gasteiger partial charge >= 0.3 is 6.03 Å². The number of fused-ring (bicyclic) bond motifs is 1. The van der Waals surface area contributed by atoms with Crippen LogP contribution in [0.3, 0.4) is 0 Å². The van der Waals surface area contributed by atoms with Crippen molar-refractivity contribution in [3.63, 3.8) is 0 Å². The van der Waals surface area contributed by atoms with Crippen molar-refractivity contribution in [1.29, 1.82) is 0 Å². The van der Waals surface area contributed by atoms with E-state index < -0.39 is 11.9 Å². The number of thioether (sulfide) groups is 1. The lowest BCUT2D eigenvalue weighted by molar-refractivity contribution is -0.117. The van der Waals surface area contributed by atoms with Crippen molar-refractivity contribution in [3.05, 3.63) is 17.5 Å². The first-order chi connectivity index (χ1) is 10.9. The lowest BCUT2D eigenvalue weighted by Crippen LogP contribution is -2.43. The van der Waals surface area contributed by atoms with Gasteiger partial charge in [0.05, 0.1) is 5.75 Å². The molecule has 0 aliphatic carbocycles. The maximum atomic E-state index is 11.8. The van der Waals surface area contributed by atoms with Crippen molar-refractivity contribution in [1.82, 2.24) is 30.2 Å². The summed E-state index contributed by atoms with van der Waals surface area (Å²) in [6.45, 7) is 7.63. The highest BCUT2D eigenvalue weighted by Gasteiger charge is 2.13. The second-order valence-electron chi connectivity index (χ2n) is 5.26. The first-order valence-corrected chi connectivity index (χ1v) is 8.31. The van der Waals surface area contributed by atoms with E-state index in [1.807, 2.05) is 33.8 Å². The van der Waals surface area contributed by atoms with Crippen LogP contribution < -0.4 is 10.6 Å². The Morgan fingerprint density at radius 3 is 2.78 bits per heavy atom. The van der Waals surface area contributed by atoms with Crippen LogP contribution in [0.1, 0.15) is 31.7 Å². The number of urea groups is 1. The second-order valence-corrected chi connectivity index (χ2v) is 6.21. The van der Waals surface area contributed by atoms with Crippen LogP contribution in [0.4, 0.5) is 4.79 Å². The fraction of sp³-hybridized carbons (Fsp3) is 0.500. The topological polar surface area (TPSA) is 101 Å². The zero-order valence-corrected chi connectivity index (χ0v) is 14.4. The number of rotatable bonds is 5. The zero-order valence-electron chi connectivity index (χ0n) is 13.6. The highest BCUT2D eigenvalue weighted by Crippen LogP contribution is 2.14. The molecule has 2 N–H and O–H groups in total. The van der Waals surface area contributed by atoms with Crippen LogP contribution in [0.2, 0.25) is 0 Å². The van der Waals surface area contributed by atoms with Crippen LogP contribution >= 0.6 is 11.8 Å². The summed E-state index contributed by atoms with van der Waals surface area (Å²) in [7, 11) is 0. The molecule has 0 radical (unpaired) electrons. The van der Waals surface area contributed by atoms with Crippen molar-refractivity contribution in [2.24, 2.45) is 0 Å². The third-order valence-electron chi connectivity index (χ3n) is 3.17. The van der Waals surface area contributed by atoms with E-state index in [1.165, 1.54) is 0 Å². The van der Waals surface area contributed by atoms with Gasteiger partial charge in [0, 0.05) is 17.4 Å². The number of nitrogens with one attached hydrogen (secondary N) is 2.